The topological polar surface area (TPSA) is 69.0 Å². The average Bonchev–Trinajstić information content (AvgIpc) is 3.41. The number of rotatable bonds is 8. The number of methoxy groups -OCH3 is 1. The second-order valence-corrected chi connectivity index (χ2v) is 7.88. The van der Waals surface area contributed by atoms with Crippen LogP contribution < -0.4 is 9.47 Å². The van der Waals surface area contributed by atoms with Crippen molar-refractivity contribution >= 4 is 0 Å². The molecule has 7 nitrogen and oxygen atoms in total. The summed E-state index contributed by atoms with van der Waals surface area (Å²) in [7, 11) is 1.67. The maximum atomic E-state index is 10.4. The van der Waals surface area contributed by atoms with Gasteiger partial charge in [-0.05, 0) is 49.9 Å². The fourth-order valence-electron chi connectivity index (χ4n) is 4.09. The van der Waals surface area contributed by atoms with Gasteiger partial charge in [-0.15, -0.1) is 0 Å². The zero-order chi connectivity index (χ0) is 20.1. The first-order chi connectivity index (χ1) is 14.2. The zero-order valence-corrected chi connectivity index (χ0v) is 17.1. The van der Waals surface area contributed by atoms with E-state index in [0.717, 1.165) is 61.9 Å². The number of aliphatic hydroxyl groups excluding tert-OH is 1. The van der Waals surface area contributed by atoms with Crippen molar-refractivity contribution in [1.82, 2.24) is 14.7 Å². The van der Waals surface area contributed by atoms with Gasteiger partial charge in [0, 0.05) is 31.4 Å². The molecule has 0 amide bonds. The second-order valence-electron chi connectivity index (χ2n) is 7.88. The Hall–Kier alpha value is -2.09. The molecule has 7 heteroatoms. The largest absolute Gasteiger partial charge is 0.493 e. The third-order valence-electron chi connectivity index (χ3n) is 5.67. The monoisotopic (exact) mass is 401 g/mol. The first kappa shape index (κ1) is 20.2. The van der Waals surface area contributed by atoms with Crippen LogP contribution in [0.2, 0.25) is 0 Å². The molecule has 1 atom stereocenters. The molecule has 2 aromatic rings. The van der Waals surface area contributed by atoms with Gasteiger partial charge in [-0.3, -0.25) is 9.58 Å². The molecule has 2 fully saturated rings. The molecule has 29 heavy (non-hydrogen) atoms. The van der Waals surface area contributed by atoms with Crippen LogP contribution in [0.25, 0.3) is 11.3 Å². The molecule has 1 aliphatic carbocycles. The van der Waals surface area contributed by atoms with E-state index in [1.54, 1.807) is 7.11 Å². The van der Waals surface area contributed by atoms with Gasteiger partial charge in [-0.25, -0.2) is 0 Å². The highest BCUT2D eigenvalue weighted by Gasteiger charge is 2.20. The fraction of sp³-hybridized carbons (Fsp3) is 0.591. The van der Waals surface area contributed by atoms with Gasteiger partial charge in [-0.1, -0.05) is 0 Å². The molecule has 158 valence electrons. The minimum atomic E-state index is -0.460. The van der Waals surface area contributed by atoms with Gasteiger partial charge in [0.05, 0.1) is 44.8 Å². The Labute approximate surface area is 172 Å². The predicted molar refractivity (Wildman–Crippen MR) is 110 cm³/mol. The van der Waals surface area contributed by atoms with Crippen molar-refractivity contribution in [3.8, 4) is 22.8 Å². The molecular weight excluding hydrogens is 370 g/mol. The molecule has 0 spiro atoms. The molecule has 1 saturated heterocycles. The van der Waals surface area contributed by atoms with Crippen LogP contribution in [0.3, 0.4) is 0 Å². The summed E-state index contributed by atoms with van der Waals surface area (Å²) >= 11 is 0. The molecule has 1 aromatic carbocycles. The molecule has 0 radical (unpaired) electrons. The minimum absolute atomic E-state index is 0.270. The normalized spacial score (nSPS) is 19.4. The molecule has 0 bridgehead atoms. The lowest BCUT2D eigenvalue weighted by molar-refractivity contribution is 0.0108. The van der Waals surface area contributed by atoms with Crippen molar-refractivity contribution in [3.63, 3.8) is 0 Å². The Balaban J connectivity index is 1.41. The van der Waals surface area contributed by atoms with E-state index in [1.807, 2.05) is 35.1 Å². The van der Waals surface area contributed by atoms with Crippen molar-refractivity contribution in [2.75, 3.05) is 40.0 Å². The third-order valence-corrected chi connectivity index (χ3v) is 5.67. The summed E-state index contributed by atoms with van der Waals surface area (Å²) < 4.78 is 18.8. The summed E-state index contributed by atoms with van der Waals surface area (Å²) in [6, 6.07) is 7.92. The van der Waals surface area contributed by atoms with Gasteiger partial charge in [0.1, 0.15) is 0 Å². The molecule has 2 heterocycles. The van der Waals surface area contributed by atoms with Crippen LogP contribution in [-0.4, -0.2) is 72.0 Å². The molecule has 1 unspecified atom stereocenters. The Kier molecular flexibility index (Phi) is 6.69. The number of aromatic nitrogens is 2. The van der Waals surface area contributed by atoms with E-state index < -0.39 is 6.10 Å². The SMILES string of the molecule is COc1ccc(-c2ccn(CC(O)CN3CCOCC3)n2)cc1OC1CCCC1. The van der Waals surface area contributed by atoms with E-state index in [2.05, 4.69) is 10.00 Å². The van der Waals surface area contributed by atoms with E-state index in [9.17, 15) is 5.11 Å². The van der Waals surface area contributed by atoms with E-state index in [-0.39, 0.29) is 6.10 Å². The number of morpholine rings is 1. The van der Waals surface area contributed by atoms with Crippen LogP contribution in [-0.2, 0) is 11.3 Å². The Morgan fingerprint density at radius 2 is 1.93 bits per heavy atom. The first-order valence-corrected chi connectivity index (χ1v) is 10.6. The summed E-state index contributed by atoms with van der Waals surface area (Å²) in [5, 5.41) is 15.1. The standard InChI is InChI=1S/C22H31N3O4/c1-27-21-7-6-17(14-22(21)29-19-4-2-3-5-19)20-8-9-25(23-20)16-18(26)15-24-10-12-28-13-11-24/h6-9,14,18-19,26H,2-5,10-13,15-16H2,1H3. The van der Waals surface area contributed by atoms with Gasteiger partial charge in [0.2, 0.25) is 0 Å². The van der Waals surface area contributed by atoms with Crippen LogP contribution in [0.1, 0.15) is 25.7 Å². The first-order valence-electron chi connectivity index (χ1n) is 10.6. The van der Waals surface area contributed by atoms with Gasteiger partial charge in [0.15, 0.2) is 11.5 Å². The second kappa shape index (κ2) is 9.61. The van der Waals surface area contributed by atoms with Gasteiger partial charge in [-0.2, -0.15) is 5.10 Å². The lowest BCUT2D eigenvalue weighted by atomic mass is 10.1. The van der Waals surface area contributed by atoms with Crippen LogP contribution in [0, 0.1) is 0 Å². The fourth-order valence-corrected chi connectivity index (χ4v) is 4.09. The van der Waals surface area contributed by atoms with E-state index in [0.29, 0.717) is 13.1 Å². The van der Waals surface area contributed by atoms with Crippen molar-refractivity contribution in [1.29, 1.82) is 0 Å². The maximum Gasteiger partial charge on any atom is 0.162 e. The highest BCUT2D eigenvalue weighted by atomic mass is 16.5. The third kappa shape index (κ3) is 5.29. The zero-order valence-electron chi connectivity index (χ0n) is 17.1. The van der Waals surface area contributed by atoms with Crippen LogP contribution in [0.15, 0.2) is 30.5 Å². The van der Waals surface area contributed by atoms with Crippen LogP contribution in [0.4, 0.5) is 0 Å². The van der Waals surface area contributed by atoms with Crippen molar-refractivity contribution in [3.05, 3.63) is 30.5 Å². The number of aliphatic hydroxyl groups is 1. The molecule has 1 aromatic heterocycles. The number of ether oxygens (including phenoxy) is 3. The highest BCUT2D eigenvalue weighted by molar-refractivity contribution is 5.63. The molecule has 1 N–H and O–H groups in total. The lowest BCUT2D eigenvalue weighted by Gasteiger charge is -2.28. The molecule has 1 saturated carbocycles. The minimum Gasteiger partial charge on any atom is -0.493 e. The summed E-state index contributed by atoms with van der Waals surface area (Å²) in [5.41, 5.74) is 1.85. The van der Waals surface area contributed by atoms with Crippen LogP contribution >= 0.6 is 0 Å². The summed E-state index contributed by atoms with van der Waals surface area (Å²) in [6.45, 7) is 4.33. The Morgan fingerprint density at radius 1 is 1.14 bits per heavy atom. The van der Waals surface area contributed by atoms with Crippen molar-refractivity contribution in [2.45, 2.75) is 44.4 Å². The van der Waals surface area contributed by atoms with E-state index >= 15 is 0 Å². The predicted octanol–water partition coefficient (Wildman–Crippen LogP) is 2.57. The number of hydrogen-bond donors (Lipinski definition) is 1. The van der Waals surface area contributed by atoms with Gasteiger partial charge < -0.3 is 19.3 Å². The summed E-state index contributed by atoms with van der Waals surface area (Å²) in [6.07, 6.45) is 6.38. The Bertz CT molecular complexity index is 782. The van der Waals surface area contributed by atoms with E-state index in [4.69, 9.17) is 14.2 Å². The van der Waals surface area contributed by atoms with Gasteiger partial charge in [0.25, 0.3) is 0 Å². The summed E-state index contributed by atoms with van der Waals surface area (Å²) in [5.74, 6) is 1.53. The number of benzene rings is 1. The molecule has 2 aliphatic rings. The quantitative estimate of drug-likeness (QED) is 0.733. The highest BCUT2D eigenvalue weighted by Crippen LogP contribution is 2.35. The molecular formula is C22H31N3O4. The van der Waals surface area contributed by atoms with E-state index in [1.165, 1.54) is 12.8 Å². The average molecular weight is 402 g/mol. The molecule has 4 rings (SSSR count). The number of β-amino-alcohol motifs (C(OH)–C–C–N with tert-alkyl or cyclic N) is 1. The number of nitrogens with zero attached hydrogens (tertiary/aromatic N) is 3. The van der Waals surface area contributed by atoms with Crippen LogP contribution in [0.5, 0.6) is 11.5 Å². The maximum absolute atomic E-state index is 10.4. The summed E-state index contributed by atoms with van der Waals surface area (Å²) in [4.78, 5) is 2.23. The van der Waals surface area contributed by atoms with Crippen molar-refractivity contribution < 1.29 is 19.3 Å². The van der Waals surface area contributed by atoms with Gasteiger partial charge >= 0.3 is 0 Å². The molecule has 1 aliphatic heterocycles. The Morgan fingerprint density at radius 3 is 2.69 bits per heavy atom. The smallest absolute Gasteiger partial charge is 0.162 e. The lowest BCUT2D eigenvalue weighted by Crippen LogP contribution is -2.42. The number of hydrogen-bond acceptors (Lipinski definition) is 6. The van der Waals surface area contributed by atoms with Crippen molar-refractivity contribution in [2.24, 2.45) is 0 Å².